The van der Waals surface area contributed by atoms with Crippen molar-refractivity contribution in [3.05, 3.63) is 22.3 Å². The van der Waals surface area contributed by atoms with Crippen molar-refractivity contribution in [1.29, 1.82) is 0 Å². The molecule has 0 saturated heterocycles. The Morgan fingerprint density at radius 2 is 1.45 bits per heavy atom. The van der Waals surface area contributed by atoms with Gasteiger partial charge in [-0.15, -0.1) is 0 Å². The highest BCUT2D eigenvalue weighted by Gasteiger charge is 2.25. The minimum Gasteiger partial charge on any atom is -0.507 e. The van der Waals surface area contributed by atoms with E-state index in [0.717, 1.165) is 53.5 Å². The van der Waals surface area contributed by atoms with Gasteiger partial charge in [0, 0.05) is 5.56 Å². The van der Waals surface area contributed by atoms with Gasteiger partial charge in [0.15, 0.2) is 0 Å². The highest BCUT2D eigenvalue weighted by Crippen LogP contribution is 2.41. The molecule has 1 aliphatic heterocycles. The molecule has 2 rings (SSSR count). The Bertz CT molecular complexity index is 632. The highest BCUT2D eigenvalue weighted by molar-refractivity contribution is 5.58. The molecule has 1 aromatic carbocycles. The molecule has 29 heavy (non-hydrogen) atoms. The van der Waals surface area contributed by atoms with Gasteiger partial charge in [-0.1, -0.05) is 72.1 Å². The van der Waals surface area contributed by atoms with Crippen LogP contribution in [0.3, 0.4) is 0 Å². The van der Waals surface area contributed by atoms with Gasteiger partial charge in [-0.25, -0.2) is 0 Å². The van der Waals surface area contributed by atoms with E-state index >= 15 is 0 Å². The van der Waals surface area contributed by atoms with E-state index in [2.05, 4.69) is 27.7 Å². The van der Waals surface area contributed by atoms with Crippen LogP contribution in [0.25, 0.3) is 0 Å². The molecule has 2 heteroatoms. The molecule has 0 aromatic heterocycles. The largest absolute Gasteiger partial charge is 0.507 e. The van der Waals surface area contributed by atoms with Gasteiger partial charge in [-0.3, -0.25) is 0 Å². The van der Waals surface area contributed by atoms with Crippen molar-refractivity contribution in [2.24, 2.45) is 11.8 Å². The maximum absolute atomic E-state index is 10.3. The Morgan fingerprint density at radius 3 is 2.14 bits per heavy atom. The first-order chi connectivity index (χ1) is 13.8. The maximum atomic E-state index is 10.3. The number of fused-ring (bicyclic) bond motifs is 1. The summed E-state index contributed by atoms with van der Waals surface area (Å²) in [6.45, 7) is 13.2. The fraction of sp³-hybridized carbons (Fsp3) is 0.778. The molecule has 2 atom stereocenters. The number of phenols is 1. The summed E-state index contributed by atoms with van der Waals surface area (Å²) in [4.78, 5) is 0. The van der Waals surface area contributed by atoms with Crippen molar-refractivity contribution >= 4 is 0 Å². The fourth-order valence-corrected chi connectivity index (χ4v) is 4.78. The standard InChI is InChI=1S/C27H46O2/c1-19(2)13-10-8-7-9-11-14-20(3)15-12-16-24-17-18-25-23(6)26(28)21(4)22(5)27(25)29-24/h19-20,24,28H,7-18H2,1-6H3/t20-,24-/m1/s1. The molecule has 1 aliphatic rings. The first-order valence-electron chi connectivity index (χ1n) is 12.3. The van der Waals surface area contributed by atoms with Gasteiger partial charge < -0.3 is 9.84 Å². The van der Waals surface area contributed by atoms with Gasteiger partial charge in [0.25, 0.3) is 0 Å². The van der Waals surface area contributed by atoms with Crippen LogP contribution in [0, 0.1) is 32.6 Å². The predicted octanol–water partition coefficient (Wildman–Crippen LogP) is 8.20. The van der Waals surface area contributed by atoms with Crippen LogP contribution in [0.1, 0.15) is 114 Å². The summed E-state index contributed by atoms with van der Waals surface area (Å²) >= 11 is 0. The predicted molar refractivity (Wildman–Crippen MR) is 125 cm³/mol. The van der Waals surface area contributed by atoms with Crippen LogP contribution in [-0.4, -0.2) is 11.2 Å². The van der Waals surface area contributed by atoms with E-state index in [1.807, 2.05) is 13.8 Å². The molecule has 2 nitrogen and oxygen atoms in total. The van der Waals surface area contributed by atoms with Gasteiger partial charge in [-0.2, -0.15) is 0 Å². The van der Waals surface area contributed by atoms with E-state index < -0.39 is 0 Å². The Kier molecular flexibility index (Phi) is 9.86. The average molecular weight is 403 g/mol. The third-order valence-corrected chi connectivity index (χ3v) is 7.04. The second-order valence-electron chi connectivity index (χ2n) is 10.1. The number of hydrogen-bond donors (Lipinski definition) is 1. The maximum Gasteiger partial charge on any atom is 0.126 e. The Balaban J connectivity index is 1.64. The summed E-state index contributed by atoms with van der Waals surface area (Å²) in [6, 6.07) is 0. The Morgan fingerprint density at radius 1 is 0.828 bits per heavy atom. The topological polar surface area (TPSA) is 29.5 Å². The molecule has 0 aliphatic carbocycles. The fourth-order valence-electron chi connectivity index (χ4n) is 4.78. The van der Waals surface area contributed by atoms with Crippen molar-refractivity contribution < 1.29 is 9.84 Å². The molecule has 0 fully saturated rings. The molecule has 1 aromatic rings. The molecule has 1 heterocycles. The van der Waals surface area contributed by atoms with E-state index in [1.54, 1.807) is 0 Å². The molecule has 166 valence electrons. The lowest BCUT2D eigenvalue weighted by Gasteiger charge is -2.30. The smallest absolute Gasteiger partial charge is 0.126 e. The zero-order chi connectivity index (χ0) is 21.4. The van der Waals surface area contributed by atoms with Gasteiger partial charge in [0.05, 0.1) is 6.10 Å². The molecule has 1 N–H and O–H groups in total. The summed E-state index contributed by atoms with van der Waals surface area (Å²) in [5, 5.41) is 10.3. The summed E-state index contributed by atoms with van der Waals surface area (Å²) in [6.07, 6.45) is 16.1. The molecular weight excluding hydrogens is 356 g/mol. The molecule has 0 bridgehead atoms. The number of ether oxygens (including phenoxy) is 1. The third-order valence-electron chi connectivity index (χ3n) is 7.04. The summed E-state index contributed by atoms with van der Waals surface area (Å²) in [5.74, 6) is 3.21. The van der Waals surface area contributed by atoms with Crippen LogP contribution in [-0.2, 0) is 6.42 Å². The van der Waals surface area contributed by atoms with Crippen molar-refractivity contribution in [1.82, 2.24) is 0 Å². The second kappa shape index (κ2) is 11.9. The highest BCUT2D eigenvalue weighted by atomic mass is 16.5. The van der Waals surface area contributed by atoms with Crippen LogP contribution in [0.5, 0.6) is 11.5 Å². The van der Waals surface area contributed by atoms with E-state index in [9.17, 15) is 5.11 Å². The number of benzene rings is 1. The minimum atomic E-state index is 0.345. The minimum absolute atomic E-state index is 0.345. The molecule has 0 saturated carbocycles. The summed E-state index contributed by atoms with van der Waals surface area (Å²) in [5.41, 5.74) is 4.33. The van der Waals surface area contributed by atoms with Crippen LogP contribution >= 0.6 is 0 Å². The molecule has 0 radical (unpaired) electrons. The monoisotopic (exact) mass is 402 g/mol. The van der Waals surface area contributed by atoms with Gasteiger partial charge in [0.2, 0.25) is 0 Å². The first kappa shape index (κ1) is 24.1. The lowest BCUT2D eigenvalue weighted by atomic mass is 9.90. The number of aromatic hydroxyl groups is 1. The number of phenolic OH excluding ortho intramolecular Hbond substituents is 1. The third kappa shape index (κ3) is 7.23. The number of rotatable bonds is 12. The summed E-state index contributed by atoms with van der Waals surface area (Å²) in [7, 11) is 0. The normalized spacial score (nSPS) is 17.3. The van der Waals surface area contributed by atoms with E-state index in [1.165, 1.54) is 63.4 Å². The first-order valence-corrected chi connectivity index (χ1v) is 12.3. The Labute approximate surface area is 180 Å². The van der Waals surface area contributed by atoms with Gasteiger partial charge in [-0.05, 0) is 75.0 Å². The van der Waals surface area contributed by atoms with Crippen molar-refractivity contribution in [3.63, 3.8) is 0 Å². The molecule has 0 unspecified atom stereocenters. The van der Waals surface area contributed by atoms with Crippen LogP contribution < -0.4 is 4.74 Å². The zero-order valence-electron chi connectivity index (χ0n) is 20.1. The quantitative estimate of drug-likeness (QED) is 0.357. The number of unbranched alkanes of at least 4 members (excludes halogenated alkanes) is 4. The average Bonchev–Trinajstić information content (AvgIpc) is 2.69. The van der Waals surface area contributed by atoms with Gasteiger partial charge in [0.1, 0.15) is 11.5 Å². The van der Waals surface area contributed by atoms with E-state index in [4.69, 9.17) is 4.74 Å². The zero-order valence-corrected chi connectivity index (χ0v) is 20.1. The van der Waals surface area contributed by atoms with Crippen molar-refractivity contribution in [2.75, 3.05) is 0 Å². The lowest BCUT2D eigenvalue weighted by molar-refractivity contribution is 0.156. The van der Waals surface area contributed by atoms with Crippen molar-refractivity contribution in [2.45, 2.75) is 125 Å². The van der Waals surface area contributed by atoms with Crippen LogP contribution in [0.4, 0.5) is 0 Å². The molecule has 0 spiro atoms. The van der Waals surface area contributed by atoms with Crippen molar-refractivity contribution in [3.8, 4) is 11.5 Å². The summed E-state index contributed by atoms with van der Waals surface area (Å²) < 4.78 is 6.40. The molecular formula is C27H46O2. The molecule has 0 amide bonds. The van der Waals surface area contributed by atoms with Crippen LogP contribution in [0.2, 0.25) is 0 Å². The van der Waals surface area contributed by atoms with E-state index in [0.29, 0.717) is 11.9 Å². The van der Waals surface area contributed by atoms with Gasteiger partial charge >= 0.3 is 0 Å². The second-order valence-corrected chi connectivity index (χ2v) is 10.1. The lowest BCUT2D eigenvalue weighted by Crippen LogP contribution is -2.24. The van der Waals surface area contributed by atoms with Crippen LogP contribution in [0.15, 0.2) is 0 Å². The SMILES string of the molecule is Cc1c(C)c2c(c(C)c1O)CC[C@@H](CCC[C@H](C)CCCCCCCC(C)C)O2. The Hall–Kier alpha value is -1.18. The van der Waals surface area contributed by atoms with E-state index in [-0.39, 0.29) is 0 Å². The number of hydrogen-bond acceptors (Lipinski definition) is 2.